The van der Waals surface area contributed by atoms with Crippen LogP contribution in [0.2, 0.25) is 5.02 Å². The Morgan fingerprint density at radius 1 is 1.10 bits per heavy atom. The SMILES string of the molecule is COCCNC(=O)c1ccc(Cl)c(NS(=O)(=O)c2ccc3c(c2)C(=O)NC3=O)c1. The average Bonchev–Trinajstić information content (AvgIpc) is 2.97. The smallest absolute Gasteiger partial charge is 0.261 e. The van der Waals surface area contributed by atoms with Crippen molar-refractivity contribution in [3.63, 3.8) is 0 Å². The molecule has 0 saturated heterocycles. The average molecular weight is 438 g/mol. The summed E-state index contributed by atoms with van der Waals surface area (Å²) in [6, 6.07) is 7.70. The summed E-state index contributed by atoms with van der Waals surface area (Å²) in [6.07, 6.45) is 0. The van der Waals surface area contributed by atoms with Crippen LogP contribution in [0.25, 0.3) is 0 Å². The molecule has 0 radical (unpaired) electrons. The molecule has 152 valence electrons. The van der Waals surface area contributed by atoms with Gasteiger partial charge in [-0.3, -0.25) is 24.4 Å². The number of rotatable bonds is 7. The van der Waals surface area contributed by atoms with E-state index in [-0.39, 0.29) is 38.8 Å². The van der Waals surface area contributed by atoms with Crippen LogP contribution < -0.4 is 15.4 Å². The zero-order valence-corrected chi connectivity index (χ0v) is 16.7. The van der Waals surface area contributed by atoms with E-state index in [9.17, 15) is 22.8 Å². The lowest BCUT2D eigenvalue weighted by Gasteiger charge is -2.12. The van der Waals surface area contributed by atoms with Gasteiger partial charge in [0.05, 0.1) is 33.3 Å². The van der Waals surface area contributed by atoms with Crippen LogP contribution in [0.3, 0.4) is 0 Å². The zero-order chi connectivity index (χ0) is 21.2. The highest BCUT2D eigenvalue weighted by atomic mass is 35.5. The predicted molar refractivity (Wildman–Crippen MR) is 105 cm³/mol. The van der Waals surface area contributed by atoms with Crippen molar-refractivity contribution in [2.24, 2.45) is 0 Å². The molecule has 0 aliphatic carbocycles. The Balaban J connectivity index is 1.86. The molecule has 0 spiro atoms. The van der Waals surface area contributed by atoms with E-state index < -0.39 is 27.7 Å². The Bertz CT molecular complexity index is 1120. The molecule has 0 unspecified atom stereocenters. The number of ether oxygens (including phenoxy) is 1. The third kappa shape index (κ3) is 4.39. The van der Waals surface area contributed by atoms with Crippen molar-refractivity contribution in [1.29, 1.82) is 0 Å². The van der Waals surface area contributed by atoms with E-state index in [1.54, 1.807) is 0 Å². The number of carbonyl (C=O) groups excluding carboxylic acids is 3. The summed E-state index contributed by atoms with van der Waals surface area (Å²) in [6.45, 7) is 0.613. The number of amides is 3. The maximum atomic E-state index is 12.7. The fourth-order valence-electron chi connectivity index (χ4n) is 2.63. The molecule has 0 aromatic heterocycles. The van der Waals surface area contributed by atoms with E-state index in [0.29, 0.717) is 6.61 Å². The van der Waals surface area contributed by atoms with Gasteiger partial charge in [0.1, 0.15) is 0 Å². The maximum absolute atomic E-state index is 12.7. The number of hydrogen-bond donors (Lipinski definition) is 3. The molecule has 0 fully saturated rings. The van der Waals surface area contributed by atoms with E-state index in [1.165, 1.54) is 37.4 Å². The monoisotopic (exact) mass is 437 g/mol. The molecule has 1 heterocycles. The summed E-state index contributed by atoms with van der Waals surface area (Å²) in [7, 11) is -2.64. The first kappa shape index (κ1) is 20.8. The Morgan fingerprint density at radius 2 is 1.83 bits per heavy atom. The Kier molecular flexibility index (Phi) is 5.87. The molecule has 2 aromatic rings. The molecule has 11 heteroatoms. The fourth-order valence-corrected chi connectivity index (χ4v) is 3.95. The van der Waals surface area contributed by atoms with Crippen LogP contribution in [0.15, 0.2) is 41.3 Å². The van der Waals surface area contributed by atoms with Crippen LogP contribution >= 0.6 is 11.6 Å². The highest BCUT2D eigenvalue weighted by molar-refractivity contribution is 7.92. The highest BCUT2D eigenvalue weighted by Crippen LogP contribution is 2.27. The molecule has 3 rings (SSSR count). The van der Waals surface area contributed by atoms with Crippen molar-refractivity contribution >= 4 is 45.0 Å². The van der Waals surface area contributed by atoms with Gasteiger partial charge in [-0.2, -0.15) is 0 Å². The van der Waals surface area contributed by atoms with Gasteiger partial charge in [0.15, 0.2) is 0 Å². The number of benzene rings is 2. The van der Waals surface area contributed by atoms with E-state index in [0.717, 1.165) is 6.07 Å². The lowest BCUT2D eigenvalue weighted by Crippen LogP contribution is -2.27. The molecule has 1 aliphatic rings. The first-order valence-electron chi connectivity index (χ1n) is 8.32. The molecular weight excluding hydrogens is 422 g/mol. The summed E-state index contributed by atoms with van der Waals surface area (Å²) in [5.41, 5.74) is 0.256. The maximum Gasteiger partial charge on any atom is 0.261 e. The third-order valence-electron chi connectivity index (χ3n) is 4.08. The second-order valence-electron chi connectivity index (χ2n) is 6.04. The predicted octanol–water partition coefficient (Wildman–Crippen LogP) is 1.40. The minimum Gasteiger partial charge on any atom is -0.383 e. The Labute approximate surface area is 171 Å². The summed E-state index contributed by atoms with van der Waals surface area (Å²) >= 11 is 6.07. The number of hydrogen-bond acceptors (Lipinski definition) is 6. The molecular formula is C18H16ClN3O6S. The molecule has 0 atom stereocenters. The molecule has 0 bridgehead atoms. The van der Waals surface area contributed by atoms with Gasteiger partial charge in [-0.1, -0.05) is 11.6 Å². The van der Waals surface area contributed by atoms with Gasteiger partial charge in [-0.15, -0.1) is 0 Å². The van der Waals surface area contributed by atoms with Crippen LogP contribution in [0.1, 0.15) is 31.1 Å². The van der Waals surface area contributed by atoms with Crippen molar-refractivity contribution in [2.75, 3.05) is 25.0 Å². The second kappa shape index (κ2) is 8.19. The van der Waals surface area contributed by atoms with Gasteiger partial charge >= 0.3 is 0 Å². The topological polar surface area (TPSA) is 131 Å². The Morgan fingerprint density at radius 3 is 2.55 bits per heavy atom. The zero-order valence-electron chi connectivity index (χ0n) is 15.1. The van der Waals surface area contributed by atoms with Gasteiger partial charge < -0.3 is 10.1 Å². The number of halogens is 1. The van der Waals surface area contributed by atoms with Gasteiger partial charge in [0, 0.05) is 19.2 Å². The molecule has 0 saturated carbocycles. The Hall–Kier alpha value is -2.95. The quantitative estimate of drug-likeness (QED) is 0.443. The molecule has 29 heavy (non-hydrogen) atoms. The normalized spacial score (nSPS) is 13.0. The number of anilines is 1. The summed E-state index contributed by atoms with van der Waals surface area (Å²) in [5, 5.41) is 4.79. The van der Waals surface area contributed by atoms with Crippen molar-refractivity contribution in [1.82, 2.24) is 10.6 Å². The van der Waals surface area contributed by atoms with Crippen molar-refractivity contribution in [3.8, 4) is 0 Å². The largest absolute Gasteiger partial charge is 0.383 e. The van der Waals surface area contributed by atoms with E-state index in [1.807, 2.05) is 0 Å². The van der Waals surface area contributed by atoms with Crippen molar-refractivity contribution < 1.29 is 27.5 Å². The van der Waals surface area contributed by atoms with Gasteiger partial charge in [0.25, 0.3) is 27.7 Å². The standard InChI is InChI=1S/C18H16ClN3O6S/c1-28-7-6-20-16(23)10-2-5-14(19)15(8-10)22-29(26,27)11-3-4-12-13(9-11)18(25)21-17(12)24/h2-5,8-9,22H,6-7H2,1H3,(H,20,23)(H,21,24,25). The number of methoxy groups -OCH3 is 1. The molecule has 1 aliphatic heterocycles. The number of nitrogens with one attached hydrogen (secondary N) is 3. The number of sulfonamides is 1. The number of fused-ring (bicyclic) bond motifs is 1. The highest BCUT2D eigenvalue weighted by Gasteiger charge is 2.29. The minimum absolute atomic E-state index is 0.00733. The number of imide groups is 1. The lowest BCUT2D eigenvalue weighted by atomic mass is 10.1. The second-order valence-corrected chi connectivity index (χ2v) is 8.13. The van der Waals surface area contributed by atoms with Crippen LogP contribution in [-0.4, -0.2) is 46.4 Å². The van der Waals surface area contributed by atoms with E-state index in [2.05, 4.69) is 15.4 Å². The van der Waals surface area contributed by atoms with Gasteiger partial charge in [0.2, 0.25) is 0 Å². The van der Waals surface area contributed by atoms with Crippen molar-refractivity contribution in [3.05, 3.63) is 58.1 Å². The summed E-state index contributed by atoms with van der Waals surface area (Å²) < 4.78 is 32.6. The van der Waals surface area contributed by atoms with Gasteiger partial charge in [-0.25, -0.2) is 8.42 Å². The molecule has 3 N–H and O–H groups in total. The number of carbonyl (C=O) groups is 3. The van der Waals surface area contributed by atoms with E-state index in [4.69, 9.17) is 16.3 Å². The molecule has 3 amide bonds. The lowest BCUT2D eigenvalue weighted by molar-refractivity contribution is 0.0877. The van der Waals surface area contributed by atoms with Crippen LogP contribution in [0.5, 0.6) is 0 Å². The van der Waals surface area contributed by atoms with Crippen LogP contribution in [0, 0.1) is 0 Å². The fraction of sp³-hybridized carbons (Fsp3) is 0.167. The summed E-state index contributed by atoms with van der Waals surface area (Å²) in [4.78, 5) is 35.3. The van der Waals surface area contributed by atoms with Gasteiger partial charge in [-0.05, 0) is 36.4 Å². The van der Waals surface area contributed by atoms with Crippen molar-refractivity contribution in [2.45, 2.75) is 4.90 Å². The van der Waals surface area contributed by atoms with Crippen LogP contribution in [0.4, 0.5) is 5.69 Å². The van der Waals surface area contributed by atoms with Crippen LogP contribution in [-0.2, 0) is 14.8 Å². The molecule has 9 nitrogen and oxygen atoms in total. The molecule has 2 aromatic carbocycles. The summed E-state index contributed by atoms with van der Waals surface area (Å²) in [5.74, 6) is -1.68. The van der Waals surface area contributed by atoms with E-state index >= 15 is 0 Å². The first-order chi connectivity index (χ1) is 13.7. The minimum atomic E-state index is -4.14. The third-order valence-corrected chi connectivity index (χ3v) is 5.78. The first-order valence-corrected chi connectivity index (χ1v) is 10.2.